The SMILES string of the molecule is CC(CC(=O)N1CCCCCC1)NCC1CCS(=O)(=O)CC1. The summed E-state index contributed by atoms with van der Waals surface area (Å²) in [5, 5.41) is 3.42. The summed E-state index contributed by atoms with van der Waals surface area (Å²) in [5.74, 6) is 1.33. The molecule has 1 atom stereocenters. The Bertz CT molecular complexity index is 442. The minimum absolute atomic E-state index is 0.161. The van der Waals surface area contributed by atoms with Gasteiger partial charge in [-0.3, -0.25) is 4.79 Å². The van der Waals surface area contributed by atoms with Crippen molar-refractivity contribution in [1.82, 2.24) is 10.2 Å². The van der Waals surface area contributed by atoms with Crippen molar-refractivity contribution in [2.45, 2.75) is 57.9 Å². The van der Waals surface area contributed by atoms with Crippen molar-refractivity contribution in [2.75, 3.05) is 31.1 Å². The Balaban J connectivity index is 1.66. The van der Waals surface area contributed by atoms with E-state index in [1.807, 2.05) is 4.90 Å². The van der Waals surface area contributed by atoms with Crippen LogP contribution in [-0.2, 0) is 14.6 Å². The molecule has 2 saturated heterocycles. The monoisotopic (exact) mass is 330 g/mol. The lowest BCUT2D eigenvalue weighted by atomic mass is 10.0. The molecule has 1 amide bonds. The molecule has 2 aliphatic heterocycles. The number of likely N-dealkylation sites (tertiary alicyclic amines) is 1. The third kappa shape index (κ3) is 5.88. The van der Waals surface area contributed by atoms with Crippen molar-refractivity contribution in [3.05, 3.63) is 0 Å². The maximum Gasteiger partial charge on any atom is 0.224 e. The predicted octanol–water partition coefficient (Wildman–Crippen LogP) is 1.58. The standard InChI is InChI=1S/C16H30N2O3S/c1-14(12-16(19)18-8-4-2-3-5-9-18)17-13-15-6-10-22(20,21)11-7-15/h14-15,17H,2-13H2,1H3. The molecule has 1 N–H and O–H groups in total. The van der Waals surface area contributed by atoms with Crippen LogP contribution in [-0.4, -0.2) is 56.4 Å². The van der Waals surface area contributed by atoms with Crippen LogP contribution in [0.15, 0.2) is 0 Å². The highest BCUT2D eigenvalue weighted by molar-refractivity contribution is 7.91. The number of carbonyl (C=O) groups excluding carboxylic acids is 1. The number of hydrogen-bond donors (Lipinski definition) is 1. The Labute approximate surface area is 134 Å². The van der Waals surface area contributed by atoms with E-state index in [2.05, 4.69) is 12.2 Å². The molecule has 0 bridgehead atoms. The van der Waals surface area contributed by atoms with E-state index >= 15 is 0 Å². The Morgan fingerprint density at radius 3 is 2.32 bits per heavy atom. The maximum atomic E-state index is 12.3. The number of nitrogens with one attached hydrogen (secondary N) is 1. The van der Waals surface area contributed by atoms with Gasteiger partial charge in [-0.1, -0.05) is 12.8 Å². The summed E-state index contributed by atoms with van der Waals surface area (Å²) >= 11 is 0. The number of hydrogen-bond acceptors (Lipinski definition) is 4. The molecule has 6 heteroatoms. The third-order valence-electron chi connectivity index (χ3n) is 4.87. The number of amides is 1. The van der Waals surface area contributed by atoms with Gasteiger partial charge in [0, 0.05) is 25.6 Å². The molecule has 0 radical (unpaired) electrons. The highest BCUT2D eigenvalue weighted by Gasteiger charge is 2.24. The van der Waals surface area contributed by atoms with Crippen molar-refractivity contribution in [3.8, 4) is 0 Å². The zero-order chi connectivity index (χ0) is 16.0. The van der Waals surface area contributed by atoms with Gasteiger partial charge < -0.3 is 10.2 Å². The third-order valence-corrected chi connectivity index (χ3v) is 6.58. The molecule has 128 valence electrons. The van der Waals surface area contributed by atoms with Crippen LogP contribution in [0.3, 0.4) is 0 Å². The second-order valence-electron chi connectivity index (χ2n) is 6.90. The molecule has 1 unspecified atom stereocenters. The second kappa shape index (κ2) is 8.29. The van der Waals surface area contributed by atoms with Crippen molar-refractivity contribution in [1.29, 1.82) is 0 Å². The molecular formula is C16H30N2O3S. The lowest BCUT2D eigenvalue weighted by molar-refractivity contribution is -0.131. The van der Waals surface area contributed by atoms with E-state index in [-0.39, 0.29) is 11.9 Å². The average molecular weight is 330 g/mol. The summed E-state index contributed by atoms with van der Waals surface area (Å²) in [7, 11) is -2.78. The van der Waals surface area contributed by atoms with Gasteiger partial charge in [-0.05, 0) is 45.1 Å². The number of nitrogens with zero attached hydrogens (tertiary/aromatic N) is 1. The first-order chi connectivity index (χ1) is 10.5. The Hall–Kier alpha value is -0.620. The van der Waals surface area contributed by atoms with E-state index in [1.54, 1.807) is 0 Å². The Morgan fingerprint density at radius 2 is 1.73 bits per heavy atom. The predicted molar refractivity (Wildman–Crippen MR) is 88.5 cm³/mol. The lowest BCUT2D eigenvalue weighted by Gasteiger charge is -2.26. The average Bonchev–Trinajstić information content (AvgIpc) is 2.75. The lowest BCUT2D eigenvalue weighted by Crippen LogP contribution is -2.40. The fourth-order valence-corrected chi connectivity index (χ4v) is 4.88. The maximum absolute atomic E-state index is 12.3. The molecule has 0 spiro atoms. The summed E-state index contributed by atoms with van der Waals surface area (Å²) in [6, 6.07) is 0.161. The van der Waals surface area contributed by atoms with Crippen LogP contribution in [0.5, 0.6) is 0 Å². The first kappa shape index (κ1) is 17.7. The van der Waals surface area contributed by atoms with E-state index in [1.165, 1.54) is 12.8 Å². The molecule has 2 rings (SSSR count). The molecular weight excluding hydrogens is 300 g/mol. The van der Waals surface area contributed by atoms with Gasteiger partial charge in [-0.25, -0.2) is 8.42 Å². The number of rotatable bonds is 5. The van der Waals surface area contributed by atoms with Crippen molar-refractivity contribution in [3.63, 3.8) is 0 Å². The Morgan fingerprint density at radius 1 is 1.14 bits per heavy atom. The summed E-state index contributed by atoms with van der Waals surface area (Å²) in [5.41, 5.74) is 0. The van der Waals surface area contributed by atoms with Crippen molar-refractivity contribution in [2.24, 2.45) is 5.92 Å². The molecule has 0 aliphatic carbocycles. The number of sulfone groups is 1. The zero-order valence-corrected chi connectivity index (χ0v) is 14.5. The van der Waals surface area contributed by atoms with Crippen LogP contribution in [0.2, 0.25) is 0 Å². The van der Waals surface area contributed by atoms with Gasteiger partial charge in [-0.15, -0.1) is 0 Å². The summed E-state index contributed by atoms with van der Waals surface area (Å²) in [6.07, 6.45) is 6.79. The van der Waals surface area contributed by atoms with Crippen LogP contribution < -0.4 is 5.32 Å². The fourth-order valence-electron chi connectivity index (χ4n) is 3.29. The first-order valence-corrected chi connectivity index (χ1v) is 10.5. The molecule has 22 heavy (non-hydrogen) atoms. The summed E-state index contributed by atoms with van der Waals surface area (Å²) in [4.78, 5) is 14.3. The van der Waals surface area contributed by atoms with Gasteiger partial charge in [0.25, 0.3) is 0 Å². The summed E-state index contributed by atoms with van der Waals surface area (Å²) < 4.78 is 22.8. The topological polar surface area (TPSA) is 66.5 Å². The van der Waals surface area contributed by atoms with Gasteiger partial charge in [0.1, 0.15) is 9.84 Å². The van der Waals surface area contributed by atoms with Crippen molar-refractivity contribution < 1.29 is 13.2 Å². The fraction of sp³-hybridized carbons (Fsp3) is 0.938. The van der Waals surface area contributed by atoms with E-state index in [9.17, 15) is 13.2 Å². The van der Waals surface area contributed by atoms with E-state index in [0.717, 1.165) is 45.3 Å². The van der Waals surface area contributed by atoms with E-state index in [0.29, 0.717) is 23.8 Å². The first-order valence-electron chi connectivity index (χ1n) is 8.68. The van der Waals surface area contributed by atoms with Crippen LogP contribution >= 0.6 is 0 Å². The van der Waals surface area contributed by atoms with Crippen LogP contribution in [0, 0.1) is 5.92 Å². The van der Waals surface area contributed by atoms with Gasteiger partial charge in [0.15, 0.2) is 0 Å². The van der Waals surface area contributed by atoms with Gasteiger partial charge in [0.2, 0.25) is 5.91 Å². The molecule has 2 fully saturated rings. The second-order valence-corrected chi connectivity index (χ2v) is 9.21. The van der Waals surface area contributed by atoms with E-state index in [4.69, 9.17) is 0 Å². The number of carbonyl (C=O) groups is 1. The smallest absolute Gasteiger partial charge is 0.224 e. The summed E-state index contributed by atoms with van der Waals surface area (Å²) in [6.45, 7) is 4.69. The molecule has 0 aromatic rings. The molecule has 0 aromatic heterocycles. The van der Waals surface area contributed by atoms with Gasteiger partial charge in [0.05, 0.1) is 11.5 Å². The van der Waals surface area contributed by atoms with Crippen LogP contribution in [0.1, 0.15) is 51.9 Å². The molecule has 2 aliphatic rings. The molecule has 0 saturated carbocycles. The van der Waals surface area contributed by atoms with Crippen molar-refractivity contribution >= 4 is 15.7 Å². The quantitative estimate of drug-likeness (QED) is 0.831. The highest BCUT2D eigenvalue weighted by atomic mass is 32.2. The molecule has 0 aromatic carbocycles. The zero-order valence-electron chi connectivity index (χ0n) is 13.7. The minimum Gasteiger partial charge on any atom is -0.343 e. The molecule has 5 nitrogen and oxygen atoms in total. The highest BCUT2D eigenvalue weighted by Crippen LogP contribution is 2.18. The Kier molecular flexibility index (Phi) is 6.68. The van der Waals surface area contributed by atoms with Gasteiger partial charge >= 0.3 is 0 Å². The van der Waals surface area contributed by atoms with Crippen LogP contribution in [0.4, 0.5) is 0 Å². The van der Waals surface area contributed by atoms with E-state index < -0.39 is 9.84 Å². The largest absolute Gasteiger partial charge is 0.343 e. The molecule has 2 heterocycles. The van der Waals surface area contributed by atoms with Gasteiger partial charge in [-0.2, -0.15) is 0 Å². The normalized spacial score (nSPS) is 24.7. The minimum atomic E-state index is -2.78. The van der Waals surface area contributed by atoms with Crippen LogP contribution in [0.25, 0.3) is 0 Å².